The summed E-state index contributed by atoms with van der Waals surface area (Å²) in [5, 5.41) is 7.05. The van der Waals surface area contributed by atoms with Crippen LogP contribution in [0.4, 0.5) is 23.7 Å². The van der Waals surface area contributed by atoms with Crippen LogP contribution in [0.5, 0.6) is 0 Å². The fourth-order valence-corrected chi connectivity index (χ4v) is 3.52. The van der Waals surface area contributed by atoms with Crippen LogP contribution in [0.25, 0.3) is 11.3 Å². The lowest BCUT2D eigenvalue weighted by molar-refractivity contribution is 0.182. The highest BCUT2D eigenvalue weighted by Gasteiger charge is 2.32. The number of amides is 2. The minimum Gasteiger partial charge on any atom is -0.356 e. The van der Waals surface area contributed by atoms with Gasteiger partial charge in [0, 0.05) is 46.4 Å². The number of fused-ring (bicyclic) bond motifs is 1. The van der Waals surface area contributed by atoms with Gasteiger partial charge in [-0.2, -0.15) is 0 Å². The number of anilines is 1. The van der Waals surface area contributed by atoms with Crippen LogP contribution in [-0.4, -0.2) is 22.1 Å². The molecule has 0 saturated carbocycles. The lowest BCUT2D eigenvalue weighted by Crippen LogP contribution is -2.44. The number of hydrogen-bond donors (Lipinski definition) is 1. The summed E-state index contributed by atoms with van der Waals surface area (Å²) in [5.74, 6) is -3.84. The zero-order valence-electron chi connectivity index (χ0n) is 15.2. The van der Waals surface area contributed by atoms with Gasteiger partial charge in [-0.3, -0.25) is 0 Å². The van der Waals surface area contributed by atoms with Gasteiger partial charge < -0.3 is 14.7 Å². The van der Waals surface area contributed by atoms with Crippen LogP contribution >= 0.6 is 11.6 Å². The van der Waals surface area contributed by atoms with Gasteiger partial charge in [-0.25, -0.2) is 18.0 Å². The third kappa shape index (κ3) is 3.67. The zero-order chi connectivity index (χ0) is 20.7. The van der Waals surface area contributed by atoms with Gasteiger partial charge in [-0.1, -0.05) is 28.9 Å². The number of hydrogen-bond acceptors (Lipinski definition) is 3. The van der Waals surface area contributed by atoms with Gasteiger partial charge in [0.1, 0.15) is 0 Å². The summed E-state index contributed by atoms with van der Waals surface area (Å²) in [6, 6.07) is 7.70. The van der Waals surface area contributed by atoms with Crippen LogP contribution < -0.4 is 5.32 Å². The summed E-state index contributed by atoms with van der Waals surface area (Å²) >= 11 is 6.05. The first-order valence-electron chi connectivity index (χ1n) is 8.79. The summed E-state index contributed by atoms with van der Waals surface area (Å²) in [6.07, 6.45) is 0.443. The fourth-order valence-electron chi connectivity index (χ4n) is 3.33. The van der Waals surface area contributed by atoms with Crippen LogP contribution in [0.15, 0.2) is 40.9 Å². The predicted octanol–water partition coefficient (Wildman–Crippen LogP) is 5.39. The topological polar surface area (TPSA) is 58.4 Å². The maximum atomic E-state index is 13.4. The molecule has 1 aliphatic rings. The second kappa shape index (κ2) is 7.44. The maximum Gasteiger partial charge on any atom is 0.322 e. The predicted molar refractivity (Wildman–Crippen MR) is 101 cm³/mol. The highest BCUT2D eigenvalue weighted by Crippen LogP contribution is 2.33. The van der Waals surface area contributed by atoms with E-state index in [4.69, 9.17) is 16.1 Å². The molecule has 4 rings (SSSR count). The smallest absolute Gasteiger partial charge is 0.322 e. The van der Waals surface area contributed by atoms with E-state index in [0.29, 0.717) is 17.2 Å². The van der Waals surface area contributed by atoms with E-state index in [-0.39, 0.29) is 18.3 Å². The van der Waals surface area contributed by atoms with Crippen molar-refractivity contribution in [3.8, 4) is 11.3 Å². The summed E-state index contributed by atoms with van der Waals surface area (Å²) in [4.78, 5) is 14.2. The van der Waals surface area contributed by atoms with E-state index >= 15 is 0 Å². The van der Waals surface area contributed by atoms with Gasteiger partial charge in [-0.05, 0) is 19.1 Å². The molecule has 0 aliphatic carbocycles. The molecular weight excluding hydrogens is 407 g/mol. The molecule has 0 saturated heterocycles. The summed E-state index contributed by atoms with van der Waals surface area (Å²) in [5.41, 5.74) is 2.01. The lowest BCUT2D eigenvalue weighted by atomic mass is 9.97. The molecule has 1 aliphatic heterocycles. The van der Waals surface area contributed by atoms with Gasteiger partial charge in [0.25, 0.3) is 0 Å². The van der Waals surface area contributed by atoms with Crippen LogP contribution in [0.3, 0.4) is 0 Å². The highest BCUT2D eigenvalue weighted by molar-refractivity contribution is 6.30. The molecule has 0 radical (unpaired) electrons. The molecule has 5 nitrogen and oxygen atoms in total. The summed E-state index contributed by atoms with van der Waals surface area (Å²) in [6.45, 7) is 2.00. The van der Waals surface area contributed by atoms with E-state index < -0.39 is 23.5 Å². The first-order valence-corrected chi connectivity index (χ1v) is 9.17. The Bertz CT molecular complexity index is 1080. The van der Waals surface area contributed by atoms with Crippen molar-refractivity contribution < 1.29 is 22.5 Å². The molecule has 2 aromatic carbocycles. The van der Waals surface area contributed by atoms with E-state index in [2.05, 4.69) is 10.5 Å². The van der Waals surface area contributed by atoms with E-state index in [1.54, 1.807) is 18.2 Å². The van der Waals surface area contributed by atoms with E-state index in [9.17, 15) is 18.0 Å². The number of nitrogens with one attached hydrogen (secondary N) is 1. The first-order chi connectivity index (χ1) is 13.8. The number of benzene rings is 2. The Hall–Kier alpha value is -3.00. The highest BCUT2D eigenvalue weighted by atomic mass is 35.5. The minimum absolute atomic E-state index is 0.176. The number of nitrogens with zero attached hydrogens (tertiary/aromatic N) is 2. The Morgan fingerprint density at radius 2 is 1.97 bits per heavy atom. The Kier molecular flexibility index (Phi) is 4.96. The Morgan fingerprint density at radius 3 is 2.66 bits per heavy atom. The molecule has 0 fully saturated rings. The Morgan fingerprint density at radius 1 is 1.24 bits per heavy atom. The average Bonchev–Trinajstić information content (AvgIpc) is 3.08. The van der Waals surface area contributed by atoms with Crippen LogP contribution in [0, 0.1) is 17.5 Å². The number of carbonyl (C=O) groups is 1. The molecule has 150 valence electrons. The van der Waals surface area contributed by atoms with Crippen molar-refractivity contribution in [1.29, 1.82) is 0 Å². The third-order valence-electron chi connectivity index (χ3n) is 4.80. The molecule has 3 aromatic rings. The van der Waals surface area contributed by atoms with Gasteiger partial charge in [0.05, 0.1) is 12.2 Å². The molecule has 1 N–H and O–H groups in total. The van der Waals surface area contributed by atoms with Crippen molar-refractivity contribution in [3.05, 3.63) is 70.1 Å². The molecular formula is C20H15ClF3N3O2. The van der Waals surface area contributed by atoms with Crippen molar-refractivity contribution in [3.63, 3.8) is 0 Å². The van der Waals surface area contributed by atoms with E-state index in [0.717, 1.165) is 29.0 Å². The summed E-state index contributed by atoms with van der Waals surface area (Å²) < 4.78 is 45.5. The monoisotopic (exact) mass is 421 g/mol. The van der Waals surface area contributed by atoms with Crippen LogP contribution in [0.2, 0.25) is 5.02 Å². The average molecular weight is 422 g/mol. The van der Waals surface area contributed by atoms with Crippen molar-refractivity contribution in [1.82, 2.24) is 10.1 Å². The molecule has 0 spiro atoms. The quantitative estimate of drug-likeness (QED) is 0.564. The molecule has 1 aromatic heterocycles. The van der Waals surface area contributed by atoms with Gasteiger partial charge in [0.2, 0.25) is 0 Å². The fraction of sp³-hybridized carbons (Fsp3) is 0.200. The number of carbonyl (C=O) groups excluding carboxylic acids is 1. The van der Waals surface area contributed by atoms with Crippen molar-refractivity contribution >= 4 is 23.3 Å². The molecule has 1 unspecified atom stereocenters. The minimum atomic E-state index is -1.59. The molecule has 0 bridgehead atoms. The molecule has 29 heavy (non-hydrogen) atoms. The van der Waals surface area contributed by atoms with Crippen molar-refractivity contribution in [2.24, 2.45) is 0 Å². The second-order valence-electron chi connectivity index (χ2n) is 6.81. The largest absolute Gasteiger partial charge is 0.356 e. The summed E-state index contributed by atoms with van der Waals surface area (Å²) in [7, 11) is 0. The van der Waals surface area contributed by atoms with E-state index in [1.165, 1.54) is 4.90 Å². The number of halogens is 4. The molecule has 1 atom stereocenters. The van der Waals surface area contributed by atoms with Gasteiger partial charge in [-0.15, -0.1) is 0 Å². The van der Waals surface area contributed by atoms with Crippen molar-refractivity contribution in [2.75, 3.05) is 5.32 Å². The zero-order valence-corrected chi connectivity index (χ0v) is 15.9. The van der Waals surface area contributed by atoms with E-state index in [1.807, 2.05) is 13.0 Å². The first kappa shape index (κ1) is 19.3. The molecule has 2 heterocycles. The molecule has 2 amide bonds. The number of rotatable bonds is 2. The van der Waals surface area contributed by atoms with Gasteiger partial charge in [0.15, 0.2) is 23.2 Å². The number of urea groups is 1. The SMILES string of the molecule is CC1Cc2noc(-c3cccc(Cl)c3)c2CN1C(=O)Nc1cc(F)c(F)c(F)c1. The van der Waals surface area contributed by atoms with Crippen LogP contribution in [-0.2, 0) is 13.0 Å². The van der Waals surface area contributed by atoms with Crippen molar-refractivity contribution in [2.45, 2.75) is 25.9 Å². The maximum absolute atomic E-state index is 13.4. The lowest BCUT2D eigenvalue weighted by Gasteiger charge is -2.32. The molecule has 9 heteroatoms. The standard InChI is InChI=1S/C20H15ClF3N3O2/c1-10-5-17-14(19(29-26-17)11-3-2-4-12(21)6-11)9-27(10)20(28)25-13-7-15(22)18(24)16(23)8-13/h2-4,6-8,10H,5,9H2,1H3,(H,25,28). The van der Waals surface area contributed by atoms with Gasteiger partial charge >= 0.3 is 6.03 Å². The normalized spacial score (nSPS) is 15.9. The van der Waals surface area contributed by atoms with Crippen LogP contribution in [0.1, 0.15) is 18.2 Å². The Balaban J connectivity index is 1.60. The third-order valence-corrected chi connectivity index (χ3v) is 5.04. The second-order valence-corrected chi connectivity index (χ2v) is 7.25. The number of aromatic nitrogens is 1. The Labute approximate surface area is 169 Å².